The molecule has 0 aliphatic rings. The van der Waals surface area contributed by atoms with Gasteiger partial charge in [-0.3, -0.25) is 4.79 Å². The summed E-state index contributed by atoms with van der Waals surface area (Å²) in [6.07, 6.45) is 0.529. The number of hydrogen-bond acceptors (Lipinski definition) is 1. The minimum Gasteiger partial charge on any atom is -0.299 e. The summed E-state index contributed by atoms with van der Waals surface area (Å²) in [5.74, 6) is -0.457. The first kappa shape index (κ1) is 14.2. The van der Waals surface area contributed by atoms with Crippen LogP contribution in [0.1, 0.15) is 11.1 Å². The van der Waals surface area contributed by atoms with Crippen molar-refractivity contribution in [2.24, 2.45) is 0 Å². The molecule has 0 saturated heterocycles. The Kier molecular flexibility index (Phi) is 4.72. The van der Waals surface area contributed by atoms with E-state index in [9.17, 15) is 9.18 Å². The van der Waals surface area contributed by atoms with E-state index < -0.39 is 5.82 Å². The molecule has 2 rings (SSSR count). The monoisotopic (exact) mass is 340 g/mol. The van der Waals surface area contributed by atoms with Crippen molar-refractivity contribution in [1.29, 1.82) is 0 Å². The lowest BCUT2D eigenvalue weighted by Gasteiger charge is -2.05. The zero-order valence-corrected chi connectivity index (χ0v) is 12.3. The topological polar surface area (TPSA) is 17.1 Å². The lowest BCUT2D eigenvalue weighted by Crippen LogP contribution is -2.07. The van der Waals surface area contributed by atoms with Crippen LogP contribution in [-0.4, -0.2) is 5.78 Å². The lowest BCUT2D eigenvalue weighted by molar-refractivity contribution is -0.117. The van der Waals surface area contributed by atoms with E-state index in [0.717, 1.165) is 10.0 Å². The summed E-state index contributed by atoms with van der Waals surface area (Å²) in [6, 6.07) is 12.0. The van der Waals surface area contributed by atoms with Crippen LogP contribution in [0.25, 0.3) is 0 Å². The fraction of sp³-hybridized carbons (Fsp3) is 0.133. The van der Waals surface area contributed by atoms with Crippen molar-refractivity contribution in [2.45, 2.75) is 12.8 Å². The summed E-state index contributed by atoms with van der Waals surface area (Å²) in [7, 11) is 0. The molecule has 0 bridgehead atoms. The highest BCUT2D eigenvalue weighted by Crippen LogP contribution is 2.19. The standard InChI is InChI=1S/C15H11BrClFO/c16-13-4-2-1-3-11(13)9-12(19)7-10-5-6-14(17)15(18)8-10/h1-6,8H,7,9H2. The minimum absolute atomic E-state index is 0.0358. The Morgan fingerprint density at radius 3 is 2.58 bits per heavy atom. The Bertz CT molecular complexity index is 613. The first-order valence-electron chi connectivity index (χ1n) is 5.75. The van der Waals surface area contributed by atoms with E-state index in [1.54, 1.807) is 6.07 Å². The number of carbonyl (C=O) groups is 1. The van der Waals surface area contributed by atoms with Crippen LogP contribution in [0, 0.1) is 5.82 Å². The Hall–Kier alpha value is -1.19. The van der Waals surface area contributed by atoms with Crippen LogP contribution in [-0.2, 0) is 17.6 Å². The minimum atomic E-state index is -0.493. The van der Waals surface area contributed by atoms with Crippen molar-refractivity contribution in [3.05, 3.63) is 68.9 Å². The quantitative estimate of drug-likeness (QED) is 0.794. The van der Waals surface area contributed by atoms with Crippen molar-refractivity contribution >= 4 is 33.3 Å². The third-order valence-electron chi connectivity index (χ3n) is 2.73. The van der Waals surface area contributed by atoms with Crippen LogP contribution in [0.15, 0.2) is 46.9 Å². The molecule has 0 saturated carbocycles. The van der Waals surface area contributed by atoms with Gasteiger partial charge in [-0.05, 0) is 29.3 Å². The van der Waals surface area contributed by atoms with E-state index in [1.165, 1.54) is 12.1 Å². The van der Waals surface area contributed by atoms with Gasteiger partial charge in [-0.15, -0.1) is 0 Å². The van der Waals surface area contributed by atoms with Crippen molar-refractivity contribution in [3.63, 3.8) is 0 Å². The number of benzene rings is 2. The molecular formula is C15H11BrClFO. The van der Waals surface area contributed by atoms with E-state index in [0.29, 0.717) is 12.0 Å². The first-order chi connectivity index (χ1) is 9.06. The molecule has 0 spiro atoms. The molecule has 0 radical (unpaired) electrons. The van der Waals surface area contributed by atoms with Gasteiger partial charge < -0.3 is 0 Å². The predicted octanol–water partition coefficient (Wildman–Crippen LogP) is 4.60. The van der Waals surface area contributed by atoms with Crippen molar-refractivity contribution in [3.8, 4) is 0 Å². The molecule has 0 atom stereocenters. The zero-order chi connectivity index (χ0) is 13.8. The summed E-state index contributed by atoms with van der Waals surface area (Å²) in [4.78, 5) is 12.0. The van der Waals surface area contributed by atoms with Crippen LogP contribution in [0.4, 0.5) is 4.39 Å². The first-order valence-corrected chi connectivity index (χ1v) is 6.92. The Morgan fingerprint density at radius 1 is 1.16 bits per heavy atom. The van der Waals surface area contributed by atoms with Crippen LogP contribution in [0.2, 0.25) is 5.02 Å². The third-order valence-corrected chi connectivity index (χ3v) is 3.81. The molecule has 2 aromatic rings. The number of halogens is 3. The summed E-state index contributed by atoms with van der Waals surface area (Å²) >= 11 is 9.00. The molecule has 0 fully saturated rings. The van der Waals surface area contributed by atoms with E-state index in [2.05, 4.69) is 15.9 Å². The van der Waals surface area contributed by atoms with Gasteiger partial charge in [-0.2, -0.15) is 0 Å². The lowest BCUT2D eigenvalue weighted by atomic mass is 10.0. The Morgan fingerprint density at radius 2 is 1.89 bits per heavy atom. The number of rotatable bonds is 4. The van der Waals surface area contributed by atoms with E-state index in [1.807, 2.05) is 24.3 Å². The normalized spacial score (nSPS) is 10.5. The summed E-state index contributed by atoms with van der Waals surface area (Å²) in [5, 5.41) is 0.0713. The second kappa shape index (κ2) is 6.31. The van der Waals surface area contributed by atoms with Crippen molar-refractivity contribution in [2.75, 3.05) is 0 Å². The third kappa shape index (κ3) is 3.88. The van der Waals surface area contributed by atoms with Gasteiger partial charge in [0.1, 0.15) is 11.6 Å². The second-order valence-corrected chi connectivity index (χ2v) is 5.49. The van der Waals surface area contributed by atoms with Crippen LogP contribution in [0.5, 0.6) is 0 Å². The molecule has 0 heterocycles. The molecule has 98 valence electrons. The van der Waals surface area contributed by atoms with Crippen LogP contribution < -0.4 is 0 Å². The average Bonchev–Trinajstić information content (AvgIpc) is 2.37. The Balaban J connectivity index is 2.05. The average molecular weight is 342 g/mol. The van der Waals surface area contributed by atoms with Gasteiger partial charge in [0, 0.05) is 17.3 Å². The maximum absolute atomic E-state index is 13.3. The molecule has 0 N–H and O–H groups in total. The highest BCUT2D eigenvalue weighted by atomic mass is 79.9. The van der Waals surface area contributed by atoms with Gasteiger partial charge in [-0.25, -0.2) is 4.39 Å². The molecule has 0 unspecified atom stereocenters. The number of carbonyl (C=O) groups excluding carboxylic acids is 1. The molecule has 2 aromatic carbocycles. The summed E-state index contributed by atoms with van der Waals surface area (Å²) in [5.41, 5.74) is 1.57. The molecule has 19 heavy (non-hydrogen) atoms. The van der Waals surface area contributed by atoms with Gasteiger partial charge in [0.15, 0.2) is 0 Å². The van der Waals surface area contributed by atoms with E-state index in [-0.39, 0.29) is 17.2 Å². The number of Topliss-reactive ketones (excluding diaryl/α,β-unsaturated/α-hetero) is 1. The highest BCUT2D eigenvalue weighted by molar-refractivity contribution is 9.10. The summed E-state index contributed by atoms with van der Waals surface area (Å²) < 4.78 is 14.2. The maximum atomic E-state index is 13.3. The zero-order valence-electron chi connectivity index (χ0n) is 10.00. The van der Waals surface area contributed by atoms with E-state index in [4.69, 9.17) is 11.6 Å². The van der Waals surface area contributed by atoms with Gasteiger partial charge in [0.05, 0.1) is 5.02 Å². The molecule has 0 aromatic heterocycles. The van der Waals surface area contributed by atoms with Crippen molar-refractivity contribution < 1.29 is 9.18 Å². The van der Waals surface area contributed by atoms with Gasteiger partial charge in [-0.1, -0.05) is 51.8 Å². The highest BCUT2D eigenvalue weighted by Gasteiger charge is 2.09. The maximum Gasteiger partial charge on any atom is 0.142 e. The van der Waals surface area contributed by atoms with Gasteiger partial charge in [0.25, 0.3) is 0 Å². The summed E-state index contributed by atoms with van der Waals surface area (Å²) in [6.45, 7) is 0. The smallest absolute Gasteiger partial charge is 0.142 e. The molecular weight excluding hydrogens is 331 g/mol. The molecule has 0 amide bonds. The van der Waals surface area contributed by atoms with Crippen molar-refractivity contribution in [1.82, 2.24) is 0 Å². The fourth-order valence-corrected chi connectivity index (χ4v) is 2.34. The number of ketones is 1. The SMILES string of the molecule is O=C(Cc1ccc(Cl)c(F)c1)Cc1ccccc1Br. The molecule has 4 heteroatoms. The fourth-order valence-electron chi connectivity index (χ4n) is 1.79. The van der Waals surface area contributed by atoms with E-state index >= 15 is 0 Å². The largest absolute Gasteiger partial charge is 0.299 e. The van der Waals surface area contributed by atoms with Gasteiger partial charge in [0.2, 0.25) is 0 Å². The predicted molar refractivity (Wildman–Crippen MR) is 78.0 cm³/mol. The molecule has 0 aliphatic carbocycles. The Labute approximate surface area is 124 Å². The molecule has 1 nitrogen and oxygen atoms in total. The second-order valence-electron chi connectivity index (χ2n) is 4.23. The van der Waals surface area contributed by atoms with Crippen LogP contribution in [0.3, 0.4) is 0 Å². The van der Waals surface area contributed by atoms with Gasteiger partial charge >= 0.3 is 0 Å². The number of hydrogen-bond donors (Lipinski definition) is 0. The molecule has 0 aliphatic heterocycles. The van der Waals surface area contributed by atoms with Crippen LogP contribution >= 0.6 is 27.5 Å².